The van der Waals surface area contributed by atoms with Crippen LogP contribution in [0.25, 0.3) is 0 Å². The maximum Gasteiger partial charge on any atom is 1.00 e. The van der Waals surface area contributed by atoms with E-state index in [-0.39, 0.29) is 65.0 Å². The van der Waals surface area contributed by atoms with Crippen molar-refractivity contribution in [1.82, 2.24) is 5.32 Å². The Bertz CT molecular complexity index is 541. The van der Waals surface area contributed by atoms with E-state index >= 15 is 0 Å². The molecular formula is C17H26NNa2O5P. The van der Waals surface area contributed by atoms with Crippen LogP contribution in [0.4, 0.5) is 0 Å². The fourth-order valence-corrected chi connectivity index (χ4v) is 3.06. The van der Waals surface area contributed by atoms with Gasteiger partial charge in [-0.2, -0.15) is 0 Å². The van der Waals surface area contributed by atoms with Crippen molar-refractivity contribution in [3.63, 3.8) is 0 Å². The molecule has 0 bridgehead atoms. The number of benzene rings is 1. The fraction of sp³-hybridized carbons (Fsp3) is 0.588. The number of rotatable bonds is 11. The average Bonchev–Trinajstić information content (AvgIpc) is 2.51. The van der Waals surface area contributed by atoms with E-state index < -0.39 is 20.0 Å². The van der Waals surface area contributed by atoms with Crippen molar-refractivity contribution >= 4 is 13.7 Å². The second-order valence-corrected chi connectivity index (χ2v) is 6.98. The van der Waals surface area contributed by atoms with Gasteiger partial charge < -0.3 is 24.2 Å². The van der Waals surface area contributed by atoms with Crippen LogP contribution in [-0.2, 0) is 13.9 Å². The molecule has 1 aromatic carbocycles. The van der Waals surface area contributed by atoms with Crippen molar-refractivity contribution in [3.05, 3.63) is 35.9 Å². The van der Waals surface area contributed by atoms with Crippen molar-refractivity contribution in [1.29, 1.82) is 0 Å². The topological polar surface area (TPSA) is 102 Å². The van der Waals surface area contributed by atoms with Gasteiger partial charge in [0.05, 0.1) is 20.0 Å². The summed E-state index contributed by atoms with van der Waals surface area (Å²) >= 11 is 0. The third-order valence-corrected chi connectivity index (χ3v) is 4.34. The molecule has 2 atom stereocenters. The first-order valence-corrected chi connectivity index (χ1v) is 9.84. The normalized spacial score (nSPS) is 13.1. The summed E-state index contributed by atoms with van der Waals surface area (Å²) in [7, 11) is -5.12. The molecule has 6 nitrogen and oxygen atoms in total. The van der Waals surface area contributed by atoms with Crippen LogP contribution in [0.2, 0.25) is 0 Å². The maximum absolute atomic E-state index is 12.1. The molecule has 1 rings (SSSR count). The zero-order chi connectivity index (χ0) is 18.0. The Kier molecular flexibility index (Phi) is 17.5. The zero-order valence-electron chi connectivity index (χ0n) is 16.3. The molecule has 0 aromatic heterocycles. The molecule has 136 valence electrons. The summed E-state index contributed by atoms with van der Waals surface area (Å²) in [5.41, 5.74) is 0.692. The van der Waals surface area contributed by atoms with Gasteiger partial charge in [-0.25, -0.2) is 0 Å². The summed E-state index contributed by atoms with van der Waals surface area (Å²) in [4.78, 5) is 33.9. The van der Waals surface area contributed by atoms with Crippen LogP contribution in [-0.4, -0.2) is 12.0 Å². The minimum Gasteiger partial charge on any atom is -0.790 e. The maximum atomic E-state index is 12.1. The number of carbonyl (C=O) groups excluding carboxylic acids is 1. The summed E-state index contributed by atoms with van der Waals surface area (Å²) in [6.07, 6.45) is 4.55. The number of hydrogen-bond donors (Lipinski definition) is 1. The summed E-state index contributed by atoms with van der Waals surface area (Å²) < 4.78 is 15.4. The molecule has 0 unspecified atom stereocenters. The largest absolute Gasteiger partial charge is 1.00 e. The van der Waals surface area contributed by atoms with Gasteiger partial charge in [-0.15, -0.1) is 0 Å². The van der Waals surface area contributed by atoms with Gasteiger partial charge in [-0.1, -0.05) is 62.9 Å². The van der Waals surface area contributed by atoms with Crippen LogP contribution >= 0.6 is 7.82 Å². The molecular weight excluding hydrogens is 375 g/mol. The van der Waals surface area contributed by atoms with Crippen molar-refractivity contribution in [2.24, 2.45) is 0 Å². The Balaban J connectivity index is 0. The van der Waals surface area contributed by atoms with E-state index in [1.807, 2.05) is 6.07 Å². The average molecular weight is 401 g/mol. The number of unbranched alkanes of at least 4 members (excludes halogenated alkanes) is 4. The molecule has 1 N–H and O–H groups in total. The number of phosphoric acid groups is 1. The molecule has 9 heteroatoms. The molecule has 0 aliphatic carbocycles. The Morgan fingerprint density at radius 3 is 2.23 bits per heavy atom. The standard InChI is InChI=1S/C17H28NO5P.2Na/c1-3-4-5-6-10-13-16(19)18-17(14(2)23-24(20,21)22)15-11-8-7-9-12-15;;/h7-9,11-12,14,17H,3-6,10,13H2,1-2H3,(H,18,19)(H2,20,21,22);;/q;2*+1/p-2/t14-,17-;;/m0../s1. The van der Waals surface area contributed by atoms with E-state index in [2.05, 4.69) is 16.8 Å². The first-order valence-electron chi connectivity index (χ1n) is 8.38. The third kappa shape index (κ3) is 13.1. The molecule has 0 aliphatic heterocycles. The number of nitrogens with one attached hydrogen (secondary N) is 1. The van der Waals surface area contributed by atoms with Gasteiger partial charge in [0.1, 0.15) is 0 Å². The first-order chi connectivity index (χ1) is 11.3. The zero-order valence-corrected chi connectivity index (χ0v) is 21.2. The monoisotopic (exact) mass is 401 g/mol. The molecule has 0 heterocycles. The summed E-state index contributed by atoms with van der Waals surface area (Å²) in [5, 5.41) is 2.78. The quantitative estimate of drug-likeness (QED) is 0.235. The number of amides is 1. The van der Waals surface area contributed by atoms with Gasteiger partial charge in [0, 0.05) is 6.42 Å². The van der Waals surface area contributed by atoms with Gasteiger partial charge in [0.25, 0.3) is 0 Å². The Morgan fingerprint density at radius 1 is 1.12 bits per heavy atom. The second kappa shape index (κ2) is 15.7. The van der Waals surface area contributed by atoms with Gasteiger partial charge in [0.15, 0.2) is 0 Å². The summed E-state index contributed by atoms with van der Waals surface area (Å²) in [6.45, 7) is 3.59. The minimum absolute atomic E-state index is 0. The third-order valence-electron chi connectivity index (χ3n) is 3.75. The summed E-state index contributed by atoms with van der Waals surface area (Å²) in [6, 6.07) is 8.19. The van der Waals surface area contributed by atoms with Crippen LogP contribution in [0.3, 0.4) is 0 Å². The van der Waals surface area contributed by atoms with E-state index in [0.717, 1.165) is 32.1 Å². The van der Waals surface area contributed by atoms with Crippen LogP contribution in [0.15, 0.2) is 30.3 Å². The van der Waals surface area contributed by atoms with Crippen LogP contribution < -0.4 is 74.2 Å². The fourth-order valence-electron chi connectivity index (χ4n) is 2.53. The smallest absolute Gasteiger partial charge is 0.790 e. The van der Waals surface area contributed by atoms with Crippen molar-refractivity contribution < 1.29 is 82.8 Å². The minimum atomic E-state index is -5.12. The SMILES string of the molecule is CCCCCCCC(=O)N[C@H](c1ccccc1)[C@H](C)OP(=O)([O-])[O-].[Na+].[Na+]. The van der Waals surface area contributed by atoms with E-state index in [1.54, 1.807) is 24.3 Å². The Hall–Kier alpha value is 0.800. The van der Waals surface area contributed by atoms with E-state index in [0.29, 0.717) is 12.0 Å². The molecule has 26 heavy (non-hydrogen) atoms. The van der Waals surface area contributed by atoms with Gasteiger partial charge in [-0.3, -0.25) is 4.79 Å². The molecule has 0 aliphatic rings. The Labute approximate surface area is 200 Å². The summed E-state index contributed by atoms with van der Waals surface area (Å²) in [5.74, 6) is -0.178. The van der Waals surface area contributed by atoms with Gasteiger partial charge in [-0.05, 0) is 18.9 Å². The van der Waals surface area contributed by atoms with Crippen LogP contribution in [0.1, 0.15) is 64.0 Å². The Morgan fingerprint density at radius 2 is 1.69 bits per heavy atom. The van der Waals surface area contributed by atoms with Gasteiger partial charge in [0.2, 0.25) is 5.91 Å². The predicted molar refractivity (Wildman–Crippen MR) is 88.9 cm³/mol. The van der Waals surface area contributed by atoms with Crippen molar-refractivity contribution in [2.75, 3.05) is 0 Å². The van der Waals surface area contributed by atoms with Crippen LogP contribution in [0, 0.1) is 0 Å². The molecule has 0 saturated heterocycles. The van der Waals surface area contributed by atoms with E-state index in [1.165, 1.54) is 6.92 Å². The van der Waals surface area contributed by atoms with Crippen LogP contribution in [0.5, 0.6) is 0 Å². The first kappa shape index (κ1) is 29.0. The van der Waals surface area contributed by atoms with E-state index in [4.69, 9.17) is 0 Å². The van der Waals surface area contributed by atoms with E-state index in [9.17, 15) is 19.1 Å². The van der Waals surface area contributed by atoms with Crippen molar-refractivity contribution in [3.8, 4) is 0 Å². The molecule has 0 radical (unpaired) electrons. The molecule has 1 aromatic rings. The predicted octanol–water partition coefficient (Wildman–Crippen LogP) is -3.55. The van der Waals surface area contributed by atoms with Gasteiger partial charge >= 0.3 is 59.1 Å². The molecule has 0 fully saturated rings. The number of carbonyl (C=O) groups is 1. The number of hydrogen-bond acceptors (Lipinski definition) is 5. The molecule has 0 spiro atoms. The second-order valence-electron chi connectivity index (χ2n) is 5.88. The molecule has 1 amide bonds. The molecule has 0 saturated carbocycles. The number of phosphoric ester groups is 1. The van der Waals surface area contributed by atoms with Crippen molar-refractivity contribution in [2.45, 2.75) is 64.5 Å².